The summed E-state index contributed by atoms with van der Waals surface area (Å²) in [6.45, 7) is 2.84. The summed E-state index contributed by atoms with van der Waals surface area (Å²) >= 11 is 14.9. The van der Waals surface area contributed by atoms with E-state index in [0.29, 0.717) is 23.1 Å². The van der Waals surface area contributed by atoms with Crippen LogP contribution in [0.25, 0.3) is 0 Å². The van der Waals surface area contributed by atoms with Crippen LogP contribution in [-0.4, -0.2) is 35.6 Å². The van der Waals surface area contributed by atoms with Gasteiger partial charge < -0.3 is 10.2 Å². The first kappa shape index (κ1) is 20.1. The molecule has 2 amide bonds. The zero-order chi connectivity index (χ0) is 18.2. The van der Waals surface area contributed by atoms with Gasteiger partial charge in [-0.2, -0.15) is 0 Å². The standard InChI is InChI=1S/C17H18Cl2N2O2S2/c1-2-21(10-16(22)20-9-13-4-3-7-24-13)17(23)11-25-15-8-12(18)5-6-14(15)19/h3-8H,2,9-11H2,1H3,(H,20,22). The fraction of sp³-hybridized carbons (Fsp3) is 0.294. The van der Waals surface area contributed by atoms with Crippen molar-refractivity contribution in [3.63, 3.8) is 0 Å². The van der Waals surface area contributed by atoms with E-state index in [1.165, 1.54) is 16.7 Å². The predicted molar refractivity (Wildman–Crippen MR) is 106 cm³/mol. The number of carbonyl (C=O) groups is 2. The van der Waals surface area contributed by atoms with Crippen LogP contribution in [0, 0.1) is 0 Å². The SMILES string of the molecule is CCN(CC(=O)NCc1cccs1)C(=O)CSc1cc(Cl)ccc1Cl. The second-order valence-electron chi connectivity index (χ2n) is 5.13. The lowest BCUT2D eigenvalue weighted by Crippen LogP contribution is -2.41. The van der Waals surface area contributed by atoms with Crippen LogP contribution >= 0.6 is 46.3 Å². The molecule has 134 valence electrons. The molecule has 1 aromatic heterocycles. The third kappa shape index (κ3) is 6.55. The zero-order valence-electron chi connectivity index (χ0n) is 13.6. The van der Waals surface area contributed by atoms with Crippen LogP contribution in [0.1, 0.15) is 11.8 Å². The molecule has 0 aliphatic carbocycles. The molecule has 4 nitrogen and oxygen atoms in total. The third-order valence-corrected chi connectivity index (χ3v) is 5.95. The van der Waals surface area contributed by atoms with Gasteiger partial charge >= 0.3 is 0 Å². The molecule has 8 heteroatoms. The average Bonchev–Trinajstić information content (AvgIpc) is 3.12. The van der Waals surface area contributed by atoms with Gasteiger partial charge in [0.25, 0.3) is 0 Å². The van der Waals surface area contributed by atoms with Crippen molar-refractivity contribution in [2.75, 3.05) is 18.8 Å². The van der Waals surface area contributed by atoms with Gasteiger partial charge in [-0.25, -0.2) is 0 Å². The second kappa shape index (κ2) is 10.1. The number of likely N-dealkylation sites (N-methyl/N-ethyl adjacent to an activating group) is 1. The number of hydrogen-bond acceptors (Lipinski definition) is 4. The first-order valence-electron chi connectivity index (χ1n) is 7.64. The van der Waals surface area contributed by atoms with E-state index in [0.717, 1.165) is 9.77 Å². The molecule has 25 heavy (non-hydrogen) atoms. The number of nitrogens with zero attached hydrogens (tertiary/aromatic N) is 1. The minimum Gasteiger partial charge on any atom is -0.350 e. The Bertz CT molecular complexity index is 723. The molecular formula is C17H18Cl2N2O2S2. The minimum absolute atomic E-state index is 0.0462. The number of halogens is 2. The van der Waals surface area contributed by atoms with Crippen molar-refractivity contribution in [3.8, 4) is 0 Å². The summed E-state index contributed by atoms with van der Waals surface area (Å²) < 4.78 is 0. The Balaban J connectivity index is 1.83. The van der Waals surface area contributed by atoms with Gasteiger partial charge in [0.15, 0.2) is 0 Å². The number of benzene rings is 1. The maximum absolute atomic E-state index is 12.4. The van der Waals surface area contributed by atoms with Gasteiger partial charge in [0.1, 0.15) is 0 Å². The van der Waals surface area contributed by atoms with Crippen molar-refractivity contribution >= 4 is 58.1 Å². The molecule has 0 aliphatic rings. The molecule has 2 rings (SSSR count). The smallest absolute Gasteiger partial charge is 0.239 e. The van der Waals surface area contributed by atoms with Gasteiger partial charge in [-0.15, -0.1) is 23.1 Å². The summed E-state index contributed by atoms with van der Waals surface area (Å²) in [5.41, 5.74) is 0. The number of carbonyl (C=O) groups excluding carboxylic acids is 2. The topological polar surface area (TPSA) is 49.4 Å². The van der Waals surface area contributed by atoms with E-state index in [1.807, 2.05) is 24.4 Å². The number of rotatable bonds is 8. The van der Waals surface area contributed by atoms with Gasteiger partial charge in [-0.1, -0.05) is 29.3 Å². The summed E-state index contributed by atoms with van der Waals surface area (Å²) in [7, 11) is 0. The van der Waals surface area contributed by atoms with Crippen LogP contribution in [0.2, 0.25) is 10.0 Å². The van der Waals surface area contributed by atoms with E-state index in [-0.39, 0.29) is 24.1 Å². The quantitative estimate of drug-likeness (QED) is 0.652. The molecule has 0 saturated heterocycles. The van der Waals surface area contributed by atoms with Crippen molar-refractivity contribution < 1.29 is 9.59 Å². The molecule has 0 radical (unpaired) electrons. The molecule has 2 aromatic rings. The highest BCUT2D eigenvalue weighted by Gasteiger charge is 2.16. The second-order valence-corrected chi connectivity index (χ2v) is 8.02. The Morgan fingerprint density at radius 2 is 2.08 bits per heavy atom. The fourth-order valence-corrected chi connectivity index (χ4v) is 4.06. The average molecular weight is 417 g/mol. The van der Waals surface area contributed by atoms with Crippen molar-refractivity contribution in [2.24, 2.45) is 0 Å². The minimum atomic E-state index is -0.172. The molecular weight excluding hydrogens is 399 g/mol. The number of amides is 2. The third-order valence-electron chi connectivity index (χ3n) is 3.35. The van der Waals surface area contributed by atoms with Gasteiger partial charge in [-0.3, -0.25) is 9.59 Å². The Morgan fingerprint density at radius 3 is 2.76 bits per heavy atom. The lowest BCUT2D eigenvalue weighted by molar-refractivity contribution is -0.133. The Labute approximate surface area is 165 Å². The zero-order valence-corrected chi connectivity index (χ0v) is 16.8. The van der Waals surface area contributed by atoms with Crippen molar-refractivity contribution in [1.82, 2.24) is 10.2 Å². The van der Waals surface area contributed by atoms with Gasteiger partial charge in [0.2, 0.25) is 11.8 Å². The first-order valence-corrected chi connectivity index (χ1v) is 10.3. The Kier molecular flexibility index (Phi) is 8.09. The highest BCUT2D eigenvalue weighted by molar-refractivity contribution is 8.00. The normalized spacial score (nSPS) is 10.5. The van der Waals surface area contributed by atoms with Gasteiger partial charge in [0.05, 0.1) is 23.9 Å². The number of thioether (sulfide) groups is 1. The molecule has 0 saturated carbocycles. The van der Waals surface area contributed by atoms with E-state index in [4.69, 9.17) is 23.2 Å². The van der Waals surface area contributed by atoms with Gasteiger partial charge in [0, 0.05) is 21.3 Å². The molecule has 0 bridgehead atoms. The summed E-state index contributed by atoms with van der Waals surface area (Å²) in [4.78, 5) is 27.8. The summed E-state index contributed by atoms with van der Waals surface area (Å²) in [6, 6.07) is 9.02. The van der Waals surface area contributed by atoms with E-state index < -0.39 is 0 Å². The number of hydrogen-bond donors (Lipinski definition) is 1. The van der Waals surface area contributed by atoms with E-state index >= 15 is 0 Å². The highest BCUT2D eigenvalue weighted by Crippen LogP contribution is 2.29. The summed E-state index contributed by atoms with van der Waals surface area (Å²) in [5.74, 6) is -0.0873. The molecule has 0 aliphatic heterocycles. The fourth-order valence-electron chi connectivity index (χ4n) is 2.02. The Morgan fingerprint density at radius 1 is 1.28 bits per heavy atom. The predicted octanol–water partition coefficient (Wildman–Crippen LogP) is 4.31. The van der Waals surface area contributed by atoms with Crippen LogP contribution in [0.15, 0.2) is 40.6 Å². The molecule has 1 heterocycles. The highest BCUT2D eigenvalue weighted by atomic mass is 35.5. The van der Waals surface area contributed by atoms with E-state index in [1.54, 1.807) is 29.5 Å². The molecule has 0 fully saturated rings. The van der Waals surface area contributed by atoms with E-state index in [9.17, 15) is 9.59 Å². The van der Waals surface area contributed by atoms with Gasteiger partial charge in [-0.05, 0) is 36.6 Å². The maximum atomic E-state index is 12.4. The number of nitrogens with one attached hydrogen (secondary N) is 1. The van der Waals surface area contributed by atoms with Crippen LogP contribution < -0.4 is 5.32 Å². The van der Waals surface area contributed by atoms with Crippen molar-refractivity contribution in [3.05, 3.63) is 50.6 Å². The molecule has 0 unspecified atom stereocenters. The monoisotopic (exact) mass is 416 g/mol. The largest absolute Gasteiger partial charge is 0.350 e. The molecule has 1 aromatic carbocycles. The first-order chi connectivity index (χ1) is 12.0. The lowest BCUT2D eigenvalue weighted by atomic mass is 10.4. The van der Waals surface area contributed by atoms with Crippen molar-refractivity contribution in [1.29, 1.82) is 0 Å². The molecule has 0 atom stereocenters. The lowest BCUT2D eigenvalue weighted by Gasteiger charge is -2.20. The summed E-state index contributed by atoms with van der Waals surface area (Å²) in [6.07, 6.45) is 0. The van der Waals surface area contributed by atoms with E-state index in [2.05, 4.69) is 5.32 Å². The maximum Gasteiger partial charge on any atom is 0.239 e. The molecule has 1 N–H and O–H groups in total. The Hall–Kier alpha value is -1.21. The van der Waals surface area contributed by atoms with Crippen LogP contribution in [-0.2, 0) is 16.1 Å². The summed E-state index contributed by atoms with van der Waals surface area (Å²) in [5, 5.41) is 5.91. The van der Waals surface area contributed by atoms with Crippen LogP contribution in [0.5, 0.6) is 0 Å². The van der Waals surface area contributed by atoms with Crippen LogP contribution in [0.3, 0.4) is 0 Å². The van der Waals surface area contributed by atoms with Crippen LogP contribution in [0.4, 0.5) is 0 Å². The molecule has 0 spiro atoms. The number of thiophene rings is 1. The van der Waals surface area contributed by atoms with Crippen molar-refractivity contribution in [2.45, 2.75) is 18.4 Å².